The molecule has 2 unspecified atom stereocenters. The van der Waals surface area contributed by atoms with E-state index in [0.29, 0.717) is 25.8 Å². The van der Waals surface area contributed by atoms with Crippen molar-refractivity contribution in [2.24, 2.45) is 5.92 Å². The van der Waals surface area contributed by atoms with Crippen molar-refractivity contribution in [3.63, 3.8) is 0 Å². The van der Waals surface area contributed by atoms with E-state index in [4.69, 9.17) is 5.11 Å². The van der Waals surface area contributed by atoms with Crippen molar-refractivity contribution >= 4 is 21.7 Å². The molecule has 138 valence electrons. The number of sulfone groups is 1. The van der Waals surface area contributed by atoms with Crippen LogP contribution < -0.4 is 0 Å². The number of hydrogen-bond donors (Lipinski definition) is 1. The van der Waals surface area contributed by atoms with E-state index < -0.39 is 26.3 Å². The second-order valence-corrected chi connectivity index (χ2v) is 9.79. The van der Waals surface area contributed by atoms with Gasteiger partial charge < -0.3 is 10.0 Å². The van der Waals surface area contributed by atoms with Gasteiger partial charge >= 0.3 is 5.97 Å². The highest BCUT2D eigenvalue weighted by Crippen LogP contribution is 2.31. The highest BCUT2D eigenvalue weighted by molar-refractivity contribution is 7.93. The van der Waals surface area contributed by atoms with Crippen LogP contribution in [0.1, 0.15) is 65.2 Å². The molecule has 0 aromatic rings. The van der Waals surface area contributed by atoms with Gasteiger partial charge in [-0.1, -0.05) is 33.1 Å². The molecule has 7 heteroatoms. The van der Waals surface area contributed by atoms with Crippen LogP contribution in [0.2, 0.25) is 0 Å². The first-order valence-electron chi connectivity index (χ1n) is 9.00. The van der Waals surface area contributed by atoms with E-state index in [9.17, 15) is 18.0 Å². The van der Waals surface area contributed by atoms with E-state index in [1.54, 1.807) is 13.8 Å². The van der Waals surface area contributed by atoms with Crippen molar-refractivity contribution in [1.29, 1.82) is 0 Å². The van der Waals surface area contributed by atoms with Gasteiger partial charge in [0.15, 0.2) is 9.84 Å². The van der Waals surface area contributed by atoms with E-state index >= 15 is 0 Å². The second kappa shape index (κ2) is 7.85. The molecule has 0 aromatic carbocycles. The first-order chi connectivity index (χ1) is 11.2. The number of amides is 1. The first kappa shape index (κ1) is 19.2. The van der Waals surface area contributed by atoms with Crippen LogP contribution in [0, 0.1) is 5.92 Å². The summed E-state index contributed by atoms with van der Waals surface area (Å²) in [6.45, 7) is 4.00. The molecule has 1 aliphatic carbocycles. The van der Waals surface area contributed by atoms with Gasteiger partial charge in [0, 0.05) is 12.6 Å². The van der Waals surface area contributed by atoms with Gasteiger partial charge in [-0.15, -0.1) is 0 Å². The second-order valence-electron chi connectivity index (χ2n) is 7.44. The Morgan fingerprint density at radius 3 is 2.25 bits per heavy atom. The maximum Gasteiger partial charge on any atom is 0.305 e. The van der Waals surface area contributed by atoms with Gasteiger partial charge in [-0.2, -0.15) is 0 Å². The minimum Gasteiger partial charge on any atom is -0.481 e. The Morgan fingerprint density at radius 1 is 1.08 bits per heavy atom. The Hall–Kier alpha value is -1.11. The molecular weight excluding hydrogens is 330 g/mol. The SMILES string of the molecule is CC(C)C(C(=O)N1CCCC1CC(=O)O)S(=O)(=O)C1CCCCC1. The van der Waals surface area contributed by atoms with Crippen LogP contribution in [0.4, 0.5) is 0 Å². The Morgan fingerprint density at radius 2 is 1.71 bits per heavy atom. The molecular formula is C17H29NO5S. The minimum atomic E-state index is -3.55. The lowest BCUT2D eigenvalue weighted by Crippen LogP contribution is -2.50. The summed E-state index contributed by atoms with van der Waals surface area (Å²) in [5.41, 5.74) is 0. The molecule has 1 aliphatic heterocycles. The average Bonchev–Trinajstić information content (AvgIpc) is 2.94. The Balaban J connectivity index is 2.22. The van der Waals surface area contributed by atoms with Crippen LogP contribution in [0.3, 0.4) is 0 Å². The number of carboxylic acid groups (broad SMARTS) is 1. The summed E-state index contributed by atoms with van der Waals surface area (Å²) in [6, 6.07) is -0.377. The van der Waals surface area contributed by atoms with Crippen molar-refractivity contribution in [2.45, 2.75) is 81.8 Å². The zero-order valence-electron chi connectivity index (χ0n) is 14.6. The molecule has 1 amide bonds. The molecule has 24 heavy (non-hydrogen) atoms. The van der Waals surface area contributed by atoms with Gasteiger partial charge in [-0.3, -0.25) is 9.59 Å². The van der Waals surface area contributed by atoms with Crippen LogP contribution >= 0.6 is 0 Å². The van der Waals surface area contributed by atoms with Gasteiger partial charge in [-0.05, 0) is 31.6 Å². The third kappa shape index (κ3) is 4.10. The third-order valence-electron chi connectivity index (χ3n) is 5.29. The maximum absolute atomic E-state index is 13.1. The lowest BCUT2D eigenvalue weighted by Gasteiger charge is -2.33. The average molecular weight is 359 g/mol. The van der Waals surface area contributed by atoms with E-state index in [0.717, 1.165) is 25.7 Å². The van der Waals surface area contributed by atoms with E-state index in [1.165, 1.54) is 4.90 Å². The van der Waals surface area contributed by atoms with E-state index in [1.807, 2.05) is 0 Å². The summed E-state index contributed by atoms with van der Waals surface area (Å²) in [4.78, 5) is 25.6. The fourth-order valence-corrected chi connectivity index (χ4v) is 6.69. The topological polar surface area (TPSA) is 91.8 Å². The van der Waals surface area contributed by atoms with Gasteiger partial charge in [0.1, 0.15) is 5.25 Å². The number of likely N-dealkylation sites (tertiary alicyclic amines) is 1. The van der Waals surface area contributed by atoms with Crippen molar-refractivity contribution in [3.8, 4) is 0 Å². The summed E-state index contributed by atoms with van der Waals surface area (Å²) in [6.07, 6.45) is 5.38. The Labute approximate surface area is 144 Å². The number of hydrogen-bond acceptors (Lipinski definition) is 4. The lowest BCUT2D eigenvalue weighted by molar-refractivity contribution is -0.139. The molecule has 1 heterocycles. The fourth-order valence-electron chi connectivity index (χ4n) is 4.11. The van der Waals surface area contributed by atoms with E-state index in [2.05, 4.69) is 0 Å². The molecule has 1 N–H and O–H groups in total. The van der Waals surface area contributed by atoms with Crippen molar-refractivity contribution < 1.29 is 23.1 Å². The molecule has 1 saturated carbocycles. The smallest absolute Gasteiger partial charge is 0.305 e. The molecule has 2 rings (SSSR count). The van der Waals surface area contributed by atoms with Crippen LogP contribution in [0.5, 0.6) is 0 Å². The van der Waals surface area contributed by atoms with Crippen LogP contribution in [0.25, 0.3) is 0 Å². The third-order valence-corrected chi connectivity index (χ3v) is 8.14. The molecule has 0 radical (unpaired) electrons. The summed E-state index contributed by atoms with van der Waals surface area (Å²) < 4.78 is 26.2. The standard InChI is InChI=1S/C17H29NO5S/c1-12(2)16(24(22,23)14-8-4-3-5-9-14)17(21)18-10-6-7-13(18)11-15(19)20/h12-14,16H,3-11H2,1-2H3,(H,19,20). The molecule has 2 atom stereocenters. The predicted octanol–water partition coefficient (Wildman–Crippen LogP) is 2.22. The fraction of sp³-hybridized carbons (Fsp3) is 0.882. The molecule has 1 saturated heterocycles. The summed E-state index contributed by atoms with van der Waals surface area (Å²) >= 11 is 0. The summed E-state index contributed by atoms with van der Waals surface area (Å²) in [7, 11) is -3.55. The number of carbonyl (C=O) groups excluding carboxylic acids is 1. The van der Waals surface area contributed by atoms with Crippen molar-refractivity contribution in [1.82, 2.24) is 4.90 Å². The van der Waals surface area contributed by atoms with Crippen LogP contribution in [0.15, 0.2) is 0 Å². The normalized spacial score (nSPS) is 24.3. The number of carboxylic acids is 1. The molecule has 6 nitrogen and oxygen atoms in total. The number of rotatable bonds is 6. The zero-order valence-corrected chi connectivity index (χ0v) is 15.4. The van der Waals surface area contributed by atoms with Crippen LogP contribution in [-0.2, 0) is 19.4 Å². The summed E-state index contributed by atoms with van der Waals surface area (Å²) in [5.74, 6) is -1.65. The van der Waals surface area contributed by atoms with E-state index in [-0.39, 0.29) is 24.3 Å². The Kier molecular flexibility index (Phi) is 6.28. The molecule has 0 spiro atoms. The maximum atomic E-state index is 13.1. The summed E-state index contributed by atoms with van der Waals surface area (Å²) in [5, 5.41) is 7.55. The van der Waals surface area contributed by atoms with Gasteiger partial charge in [-0.25, -0.2) is 8.42 Å². The highest BCUT2D eigenvalue weighted by atomic mass is 32.2. The van der Waals surface area contributed by atoms with Gasteiger partial charge in [0.05, 0.1) is 11.7 Å². The molecule has 2 fully saturated rings. The number of nitrogens with zero attached hydrogens (tertiary/aromatic N) is 1. The molecule has 0 bridgehead atoms. The predicted molar refractivity (Wildman–Crippen MR) is 91.4 cm³/mol. The number of carbonyl (C=O) groups is 2. The quantitative estimate of drug-likeness (QED) is 0.785. The van der Waals surface area contributed by atoms with Gasteiger partial charge in [0.25, 0.3) is 0 Å². The molecule has 0 aromatic heterocycles. The monoisotopic (exact) mass is 359 g/mol. The molecule has 2 aliphatic rings. The van der Waals surface area contributed by atoms with Gasteiger partial charge in [0.2, 0.25) is 5.91 Å². The Bertz CT molecular complexity index is 566. The minimum absolute atomic E-state index is 0.111. The van der Waals surface area contributed by atoms with Crippen molar-refractivity contribution in [2.75, 3.05) is 6.54 Å². The van der Waals surface area contributed by atoms with Crippen molar-refractivity contribution in [3.05, 3.63) is 0 Å². The zero-order chi connectivity index (χ0) is 17.9. The number of aliphatic carboxylic acids is 1. The largest absolute Gasteiger partial charge is 0.481 e. The van der Waals surface area contributed by atoms with Crippen LogP contribution in [-0.4, -0.2) is 53.4 Å². The first-order valence-corrected chi connectivity index (χ1v) is 10.6. The highest BCUT2D eigenvalue weighted by Gasteiger charge is 2.45. The lowest BCUT2D eigenvalue weighted by atomic mass is 10.0.